The van der Waals surface area contributed by atoms with E-state index in [1.165, 1.54) is 35.6 Å². The first kappa shape index (κ1) is 13.0. The first-order chi connectivity index (χ1) is 8.56. The van der Waals surface area contributed by atoms with E-state index in [9.17, 15) is 14.3 Å². The van der Waals surface area contributed by atoms with Crippen LogP contribution in [0.5, 0.6) is 0 Å². The van der Waals surface area contributed by atoms with Crippen molar-refractivity contribution in [1.82, 2.24) is 0 Å². The highest BCUT2D eigenvalue weighted by atomic mass is 79.9. The number of halogens is 2. The topological polar surface area (TPSA) is 49.3 Å². The molecule has 0 saturated heterocycles. The lowest BCUT2D eigenvalue weighted by molar-refractivity contribution is -0.138. The van der Waals surface area contributed by atoms with Crippen LogP contribution in [0.4, 0.5) is 10.1 Å². The molecule has 2 rings (SSSR count). The third-order valence-corrected chi connectivity index (χ3v) is 4.03. The van der Waals surface area contributed by atoms with Crippen LogP contribution in [0.25, 0.3) is 0 Å². The van der Waals surface area contributed by atoms with Crippen molar-refractivity contribution in [3.63, 3.8) is 0 Å². The molecule has 0 bridgehead atoms. The Hall–Kier alpha value is -1.40. The number of carboxylic acid groups (broad SMARTS) is 1. The molecule has 94 valence electrons. The van der Waals surface area contributed by atoms with Gasteiger partial charge >= 0.3 is 5.97 Å². The smallest absolute Gasteiger partial charge is 0.331 e. The average molecular weight is 330 g/mol. The van der Waals surface area contributed by atoms with Crippen LogP contribution in [0, 0.1) is 5.82 Å². The van der Waals surface area contributed by atoms with Gasteiger partial charge in [0.2, 0.25) is 0 Å². The second kappa shape index (κ2) is 5.49. The molecule has 3 nitrogen and oxygen atoms in total. The summed E-state index contributed by atoms with van der Waals surface area (Å²) in [5, 5.41) is 13.9. The normalized spacial score (nSPS) is 12.1. The minimum Gasteiger partial charge on any atom is -0.479 e. The van der Waals surface area contributed by atoms with E-state index in [2.05, 4.69) is 21.2 Å². The van der Waals surface area contributed by atoms with Gasteiger partial charge < -0.3 is 10.4 Å². The fourth-order valence-corrected chi connectivity index (χ4v) is 2.93. The van der Waals surface area contributed by atoms with E-state index < -0.39 is 12.0 Å². The highest BCUT2D eigenvalue weighted by molar-refractivity contribution is 9.10. The van der Waals surface area contributed by atoms with Gasteiger partial charge in [0.05, 0.1) is 0 Å². The Morgan fingerprint density at radius 1 is 1.39 bits per heavy atom. The monoisotopic (exact) mass is 329 g/mol. The van der Waals surface area contributed by atoms with Crippen LogP contribution in [0.2, 0.25) is 0 Å². The molecule has 2 N–H and O–H groups in total. The molecular weight excluding hydrogens is 321 g/mol. The maximum absolute atomic E-state index is 12.8. The van der Waals surface area contributed by atoms with Gasteiger partial charge in [0.1, 0.15) is 5.82 Å². The maximum atomic E-state index is 12.8. The lowest BCUT2D eigenvalue weighted by Gasteiger charge is -2.14. The van der Waals surface area contributed by atoms with Gasteiger partial charge in [-0.2, -0.15) is 0 Å². The predicted molar refractivity (Wildman–Crippen MR) is 72.4 cm³/mol. The molecule has 6 heteroatoms. The van der Waals surface area contributed by atoms with Gasteiger partial charge in [-0.15, -0.1) is 11.3 Å². The molecule has 0 fully saturated rings. The van der Waals surface area contributed by atoms with Crippen LogP contribution in [0.3, 0.4) is 0 Å². The number of nitrogens with one attached hydrogen (secondary N) is 1. The highest BCUT2D eigenvalue weighted by Crippen LogP contribution is 2.28. The van der Waals surface area contributed by atoms with Crippen LogP contribution in [-0.2, 0) is 4.79 Å². The third-order valence-electron chi connectivity index (χ3n) is 2.27. The molecule has 1 heterocycles. The van der Waals surface area contributed by atoms with E-state index in [4.69, 9.17) is 0 Å². The summed E-state index contributed by atoms with van der Waals surface area (Å²) in [6, 6.07) is 6.49. The quantitative estimate of drug-likeness (QED) is 0.894. The van der Waals surface area contributed by atoms with Gasteiger partial charge in [0.25, 0.3) is 0 Å². The van der Waals surface area contributed by atoms with Crippen LogP contribution in [0.15, 0.2) is 40.2 Å². The van der Waals surface area contributed by atoms with Gasteiger partial charge in [-0.25, -0.2) is 9.18 Å². The number of thiophene rings is 1. The van der Waals surface area contributed by atoms with Crippen LogP contribution < -0.4 is 5.32 Å². The predicted octanol–water partition coefficient (Wildman–Crippen LogP) is 3.89. The van der Waals surface area contributed by atoms with Gasteiger partial charge in [0.15, 0.2) is 6.04 Å². The summed E-state index contributed by atoms with van der Waals surface area (Å²) in [7, 11) is 0. The Labute approximate surface area is 115 Å². The molecule has 0 aliphatic heterocycles. The maximum Gasteiger partial charge on any atom is 0.331 e. The van der Waals surface area contributed by atoms with Crippen LogP contribution >= 0.6 is 27.3 Å². The Morgan fingerprint density at radius 2 is 2.06 bits per heavy atom. The minimum absolute atomic E-state index is 0.355. The second-order valence-electron chi connectivity index (χ2n) is 3.59. The first-order valence-electron chi connectivity index (χ1n) is 5.05. The van der Waals surface area contributed by atoms with Crippen molar-refractivity contribution in [1.29, 1.82) is 0 Å². The molecule has 0 aliphatic rings. The number of benzene rings is 1. The van der Waals surface area contributed by atoms with E-state index in [0.717, 1.165) is 4.47 Å². The van der Waals surface area contributed by atoms with Crippen LogP contribution in [0.1, 0.15) is 10.9 Å². The second-order valence-corrected chi connectivity index (χ2v) is 5.45. The average Bonchev–Trinajstić information content (AvgIpc) is 2.74. The van der Waals surface area contributed by atoms with Crippen molar-refractivity contribution in [3.05, 3.63) is 50.9 Å². The number of anilines is 1. The summed E-state index contributed by atoms with van der Waals surface area (Å²) in [6.45, 7) is 0. The fraction of sp³-hybridized carbons (Fsp3) is 0.0833. The van der Waals surface area contributed by atoms with Crippen molar-refractivity contribution in [2.75, 3.05) is 5.32 Å². The van der Waals surface area contributed by atoms with Gasteiger partial charge in [-0.1, -0.05) is 0 Å². The molecule has 1 aromatic heterocycles. The molecule has 2 aromatic rings. The van der Waals surface area contributed by atoms with E-state index in [0.29, 0.717) is 10.6 Å². The van der Waals surface area contributed by atoms with Crippen molar-refractivity contribution in [3.8, 4) is 0 Å². The summed E-state index contributed by atoms with van der Waals surface area (Å²) in [4.78, 5) is 11.9. The number of hydrogen-bond donors (Lipinski definition) is 2. The van der Waals surface area contributed by atoms with Crippen molar-refractivity contribution in [2.24, 2.45) is 0 Å². The van der Waals surface area contributed by atoms with Gasteiger partial charge in [-0.3, -0.25) is 0 Å². The van der Waals surface area contributed by atoms with Gasteiger partial charge in [-0.05, 0) is 46.3 Å². The number of carboxylic acids is 1. The SMILES string of the molecule is O=C(O)C(Nc1ccc(F)cc1)c1cc(Br)cs1. The summed E-state index contributed by atoms with van der Waals surface area (Å²) in [5.74, 6) is -1.33. The number of carbonyl (C=O) groups is 1. The molecule has 1 atom stereocenters. The Balaban J connectivity index is 2.22. The Kier molecular flexibility index (Phi) is 3.98. The fourth-order valence-electron chi connectivity index (χ4n) is 1.45. The van der Waals surface area contributed by atoms with Crippen LogP contribution in [-0.4, -0.2) is 11.1 Å². The van der Waals surface area contributed by atoms with E-state index in [-0.39, 0.29) is 5.82 Å². The molecule has 0 radical (unpaired) electrons. The Bertz CT molecular complexity index is 555. The zero-order chi connectivity index (χ0) is 13.1. The molecule has 1 unspecified atom stereocenters. The lowest BCUT2D eigenvalue weighted by Crippen LogP contribution is -2.19. The summed E-state index contributed by atoms with van der Waals surface area (Å²) in [6.07, 6.45) is 0. The van der Waals surface area contributed by atoms with E-state index in [1.54, 1.807) is 6.07 Å². The number of rotatable bonds is 4. The summed E-state index contributed by atoms with van der Waals surface area (Å²) < 4.78 is 13.6. The zero-order valence-corrected chi connectivity index (χ0v) is 11.5. The third kappa shape index (κ3) is 3.08. The van der Waals surface area contributed by atoms with E-state index in [1.807, 2.05) is 5.38 Å². The first-order valence-corrected chi connectivity index (χ1v) is 6.72. The van der Waals surface area contributed by atoms with Crippen molar-refractivity contribution >= 4 is 38.9 Å². The Morgan fingerprint density at radius 3 is 2.56 bits per heavy atom. The molecule has 0 amide bonds. The summed E-state index contributed by atoms with van der Waals surface area (Å²) in [5.41, 5.74) is 0.563. The highest BCUT2D eigenvalue weighted by Gasteiger charge is 2.21. The number of aliphatic carboxylic acids is 1. The molecule has 0 saturated carbocycles. The molecule has 0 aliphatic carbocycles. The summed E-state index contributed by atoms with van der Waals surface area (Å²) >= 11 is 4.63. The van der Waals surface area contributed by atoms with E-state index >= 15 is 0 Å². The molecule has 1 aromatic carbocycles. The molecule has 0 spiro atoms. The minimum atomic E-state index is -0.978. The number of hydrogen-bond acceptors (Lipinski definition) is 3. The molecular formula is C12H9BrFNO2S. The van der Waals surface area contributed by atoms with Crippen molar-refractivity contribution in [2.45, 2.75) is 6.04 Å². The van der Waals surface area contributed by atoms with Gasteiger partial charge in [0, 0.05) is 20.4 Å². The zero-order valence-electron chi connectivity index (χ0n) is 9.06. The molecule has 18 heavy (non-hydrogen) atoms. The largest absolute Gasteiger partial charge is 0.479 e. The van der Waals surface area contributed by atoms with Crippen molar-refractivity contribution < 1.29 is 14.3 Å². The standard InChI is InChI=1S/C12H9BrFNO2S/c13-7-5-10(18-6-7)11(12(16)17)15-9-3-1-8(14)2-4-9/h1-6,11,15H,(H,16,17). The lowest BCUT2D eigenvalue weighted by atomic mass is 10.2.